The van der Waals surface area contributed by atoms with Crippen LogP contribution in [0.2, 0.25) is 10.0 Å². The van der Waals surface area contributed by atoms with E-state index >= 15 is 0 Å². The van der Waals surface area contributed by atoms with Gasteiger partial charge >= 0.3 is 6.18 Å². The third-order valence-electron chi connectivity index (χ3n) is 4.32. The summed E-state index contributed by atoms with van der Waals surface area (Å²) in [7, 11) is 1.48. The van der Waals surface area contributed by atoms with Crippen LogP contribution in [0.3, 0.4) is 0 Å². The van der Waals surface area contributed by atoms with Crippen molar-refractivity contribution in [1.82, 2.24) is 9.78 Å². The summed E-state index contributed by atoms with van der Waals surface area (Å²) in [6.07, 6.45) is -5.41. The molecule has 1 N–H and O–H groups in total. The Morgan fingerprint density at radius 3 is 2.52 bits per heavy atom. The molecule has 0 fully saturated rings. The second-order valence-corrected chi connectivity index (χ2v) is 6.86. The van der Waals surface area contributed by atoms with Crippen molar-refractivity contribution in [1.29, 1.82) is 0 Å². The molecule has 4 nitrogen and oxygen atoms in total. The van der Waals surface area contributed by atoms with E-state index in [1.165, 1.54) is 30.8 Å². The highest BCUT2D eigenvalue weighted by atomic mass is 35.5. The molecule has 1 aromatic heterocycles. The number of aliphatic hydroxyl groups excluding tert-OH is 1. The van der Waals surface area contributed by atoms with Crippen molar-refractivity contribution in [3.63, 3.8) is 0 Å². The Morgan fingerprint density at radius 2 is 1.93 bits per heavy atom. The van der Waals surface area contributed by atoms with Crippen LogP contribution >= 0.6 is 23.2 Å². The fourth-order valence-corrected chi connectivity index (χ4v) is 3.66. The number of halogens is 5. The van der Waals surface area contributed by atoms with Crippen LogP contribution in [0.25, 0.3) is 10.9 Å². The first-order chi connectivity index (χ1) is 12.6. The smallest absolute Gasteiger partial charge is 0.382 e. The van der Waals surface area contributed by atoms with Crippen LogP contribution < -0.4 is 0 Å². The zero-order valence-corrected chi connectivity index (χ0v) is 15.6. The molecule has 3 aromatic rings. The van der Waals surface area contributed by atoms with E-state index in [0.29, 0.717) is 17.2 Å². The highest BCUT2D eigenvalue weighted by Gasteiger charge is 2.33. The molecule has 9 heteroatoms. The minimum atomic E-state index is -4.51. The van der Waals surface area contributed by atoms with Gasteiger partial charge in [0.2, 0.25) is 0 Å². The van der Waals surface area contributed by atoms with Gasteiger partial charge in [0.15, 0.2) is 6.29 Å². The van der Waals surface area contributed by atoms with Gasteiger partial charge in [0.05, 0.1) is 16.1 Å². The van der Waals surface area contributed by atoms with Crippen molar-refractivity contribution >= 4 is 40.4 Å². The number of nitrogens with zero attached hydrogens (tertiary/aromatic N) is 2. The number of hydrogen-bond acceptors (Lipinski definition) is 3. The van der Waals surface area contributed by atoms with Gasteiger partial charge in [-0.25, -0.2) is 0 Å². The van der Waals surface area contributed by atoms with Gasteiger partial charge in [0.25, 0.3) is 0 Å². The van der Waals surface area contributed by atoms with Gasteiger partial charge in [0, 0.05) is 28.6 Å². The molecule has 0 aliphatic carbocycles. The summed E-state index contributed by atoms with van der Waals surface area (Å²) in [5, 5.41) is 15.5. The summed E-state index contributed by atoms with van der Waals surface area (Å²) >= 11 is 12.3. The standard InChI is InChI=1S/C18H13Cl2F3N2O2/c1-8-5-10(18(21,22)23)6-12-13(8)16(24-25(12)2)17(27)14-11(19)4-3-9(7-26)15(14)20/h3-7,17,27H,1-2H3. The van der Waals surface area contributed by atoms with Gasteiger partial charge in [-0.15, -0.1) is 0 Å². The normalized spacial score (nSPS) is 13.2. The number of carbonyl (C=O) groups excluding carboxylic acids is 1. The lowest BCUT2D eigenvalue weighted by Gasteiger charge is -2.15. The largest absolute Gasteiger partial charge is 0.416 e. The molecule has 0 amide bonds. The van der Waals surface area contributed by atoms with Crippen LogP contribution in [-0.4, -0.2) is 21.2 Å². The number of hydrogen-bond donors (Lipinski definition) is 1. The Bertz CT molecular complexity index is 1060. The minimum absolute atomic E-state index is 0.0339. The summed E-state index contributed by atoms with van der Waals surface area (Å²) < 4.78 is 40.6. The Balaban J connectivity index is 2.26. The predicted octanol–water partition coefficient (Wildman–Crippen LogP) is 5.10. The number of carbonyl (C=O) groups is 1. The molecule has 1 heterocycles. The second-order valence-electron chi connectivity index (χ2n) is 6.08. The fraction of sp³-hybridized carbons (Fsp3) is 0.222. The molecule has 0 saturated heterocycles. The van der Waals surface area contributed by atoms with Gasteiger partial charge in [-0.2, -0.15) is 18.3 Å². The van der Waals surface area contributed by atoms with E-state index in [0.717, 1.165) is 12.1 Å². The van der Waals surface area contributed by atoms with E-state index in [-0.39, 0.29) is 32.4 Å². The summed E-state index contributed by atoms with van der Waals surface area (Å²) in [4.78, 5) is 11.1. The lowest BCUT2D eigenvalue weighted by molar-refractivity contribution is -0.137. The molecule has 0 spiro atoms. The van der Waals surface area contributed by atoms with E-state index in [1.807, 2.05) is 0 Å². The van der Waals surface area contributed by atoms with Gasteiger partial charge in [-0.05, 0) is 36.8 Å². The predicted molar refractivity (Wildman–Crippen MR) is 96.4 cm³/mol. The maximum absolute atomic E-state index is 13.1. The Morgan fingerprint density at radius 1 is 1.26 bits per heavy atom. The molecule has 0 aliphatic rings. The lowest BCUT2D eigenvalue weighted by Crippen LogP contribution is -2.06. The van der Waals surface area contributed by atoms with Gasteiger partial charge in [0.1, 0.15) is 11.8 Å². The van der Waals surface area contributed by atoms with Gasteiger partial charge in [-0.1, -0.05) is 23.2 Å². The SMILES string of the molecule is Cc1cc(C(F)(F)F)cc2c1c(C(O)c1c(Cl)ccc(C=O)c1Cl)nn2C. The molecule has 0 aliphatic heterocycles. The van der Waals surface area contributed by atoms with Crippen LogP contribution in [0.5, 0.6) is 0 Å². The van der Waals surface area contributed by atoms with E-state index < -0.39 is 17.8 Å². The number of aromatic nitrogens is 2. The summed E-state index contributed by atoms with van der Waals surface area (Å²) in [5.41, 5.74) is -0.00859. The number of rotatable bonds is 3. The van der Waals surface area contributed by atoms with Crippen molar-refractivity contribution in [3.8, 4) is 0 Å². The number of fused-ring (bicyclic) bond motifs is 1. The van der Waals surface area contributed by atoms with Crippen molar-refractivity contribution in [3.05, 3.63) is 62.3 Å². The number of aryl methyl sites for hydroxylation is 2. The third kappa shape index (κ3) is 3.31. The minimum Gasteiger partial charge on any atom is -0.382 e. The third-order valence-corrected chi connectivity index (χ3v) is 5.07. The molecular weight excluding hydrogens is 404 g/mol. The van der Waals surface area contributed by atoms with E-state index in [1.54, 1.807) is 0 Å². The van der Waals surface area contributed by atoms with Crippen LogP contribution in [0, 0.1) is 6.92 Å². The number of alkyl halides is 3. The number of aliphatic hydroxyl groups is 1. The Kier molecular flexibility index (Phi) is 4.96. The van der Waals surface area contributed by atoms with E-state index in [9.17, 15) is 23.1 Å². The van der Waals surface area contributed by atoms with Crippen LogP contribution in [0.4, 0.5) is 13.2 Å². The molecule has 0 saturated carbocycles. The number of benzene rings is 2. The molecule has 2 aromatic carbocycles. The van der Waals surface area contributed by atoms with Crippen molar-refractivity contribution in [2.45, 2.75) is 19.2 Å². The maximum Gasteiger partial charge on any atom is 0.416 e. The summed E-state index contributed by atoms with van der Waals surface area (Å²) in [6.45, 7) is 1.50. The topological polar surface area (TPSA) is 55.1 Å². The molecule has 142 valence electrons. The van der Waals surface area contributed by atoms with Crippen LogP contribution in [0.15, 0.2) is 24.3 Å². The second kappa shape index (κ2) is 6.82. The monoisotopic (exact) mass is 416 g/mol. The Labute approximate surface area is 162 Å². The average molecular weight is 417 g/mol. The molecule has 1 atom stereocenters. The van der Waals surface area contributed by atoms with Crippen molar-refractivity contribution in [2.75, 3.05) is 0 Å². The summed E-state index contributed by atoms with van der Waals surface area (Å²) in [5.74, 6) is 0. The first-order valence-electron chi connectivity index (χ1n) is 7.71. The average Bonchev–Trinajstić information content (AvgIpc) is 2.92. The van der Waals surface area contributed by atoms with Crippen LogP contribution in [-0.2, 0) is 13.2 Å². The molecule has 0 bridgehead atoms. The summed E-state index contributed by atoms with van der Waals surface area (Å²) in [6, 6.07) is 4.78. The van der Waals surface area contributed by atoms with Crippen LogP contribution in [0.1, 0.15) is 38.8 Å². The molecule has 1 unspecified atom stereocenters. The quantitative estimate of drug-likeness (QED) is 0.604. The molecule has 0 radical (unpaired) electrons. The van der Waals surface area contributed by atoms with Gasteiger partial charge in [-0.3, -0.25) is 9.48 Å². The first kappa shape index (κ1) is 19.7. The molecular formula is C18H13Cl2F3N2O2. The number of aldehydes is 1. The molecule has 27 heavy (non-hydrogen) atoms. The van der Waals surface area contributed by atoms with E-state index in [2.05, 4.69) is 5.10 Å². The lowest BCUT2D eigenvalue weighted by atomic mass is 9.98. The van der Waals surface area contributed by atoms with Crippen molar-refractivity contribution in [2.24, 2.45) is 7.05 Å². The maximum atomic E-state index is 13.1. The zero-order chi connectivity index (χ0) is 20.1. The van der Waals surface area contributed by atoms with E-state index in [4.69, 9.17) is 23.2 Å². The first-order valence-corrected chi connectivity index (χ1v) is 8.47. The highest BCUT2D eigenvalue weighted by Crippen LogP contribution is 2.40. The Hall–Kier alpha value is -2.09. The van der Waals surface area contributed by atoms with Crippen molar-refractivity contribution < 1.29 is 23.1 Å². The fourth-order valence-electron chi connectivity index (χ4n) is 3.04. The zero-order valence-electron chi connectivity index (χ0n) is 14.1. The highest BCUT2D eigenvalue weighted by molar-refractivity contribution is 6.37. The molecule has 3 rings (SSSR count). The van der Waals surface area contributed by atoms with Gasteiger partial charge < -0.3 is 5.11 Å².